The van der Waals surface area contributed by atoms with E-state index in [1.165, 1.54) is 16.0 Å². The molecule has 2 nitrogen and oxygen atoms in total. The minimum Gasteiger partial charge on any atom is -0.337 e. The molecule has 1 amide bonds. The number of carbonyl (C=O) groups is 1. The van der Waals surface area contributed by atoms with E-state index in [4.69, 9.17) is 0 Å². The summed E-state index contributed by atoms with van der Waals surface area (Å²) >= 11 is 1.85. The van der Waals surface area contributed by atoms with Crippen LogP contribution in [-0.2, 0) is 4.79 Å². The van der Waals surface area contributed by atoms with Crippen molar-refractivity contribution in [3.05, 3.63) is 65.7 Å². The number of hydrogen-bond donors (Lipinski definition) is 0. The zero-order valence-electron chi connectivity index (χ0n) is 12.8. The molecule has 0 fully saturated rings. The number of amides is 1. The summed E-state index contributed by atoms with van der Waals surface area (Å²) in [7, 11) is 0. The molecule has 2 atom stereocenters. The van der Waals surface area contributed by atoms with Crippen LogP contribution in [0.4, 0.5) is 0 Å². The Labute approximate surface area is 136 Å². The van der Waals surface area contributed by atoms with Crippen molar-refractivity contribution in [2.24, 2.45) is 0 Å². The summed E-state index contributed by atoms with van der Waals surface area (Å²) < 4.78 is 0. The number of rotatable bonds is 5. The fourth-order valence-corrected chi connectivity index (χ4v) is 4.41. The molecule has 2 unspecified atom stereocenters. The van der Waals surface area contributed by atoms with Crippen LogP contribution < -0.4 is 0 Å². The Morgan fingerprint density at radius 1 is 1.09 bits per heavy atom. The maximum Gasteiger partial charge on any atom is 0.210 e. The van der Waals surface area contributed by atoms with Gasteiger partial charge in [0.05, 0.1) is 11.3 Å². The second kappa shape index (κ2) is 7.01. The highest BCUT2D eigenvalue weighted by atomic mass is 32.2. The van der Waals surface area contributed by atoms with Gasteiger partial charge in [-0.05, 0) is 29.7 Å². The standard InChI is InChI=1S/C19H21NOS/c1-2-8-18-16-11-6-7-12-17(16)19(13-20(18)14-21)22-15-9-4-3-5-10-15/h3-7,9-12,14,18-19H,2,8,13H2,1H3. The van der Waals surface area contributed by atoms with Crippen molar-refractivity contribution in [1.82, 2.24) is 4.90 Å². The van der Waals surface area contributed by atoms with E-state index in [-0.39, 0.29) is 6.04 Å². The molecule has 0 aliphatic carbocycles. The molecule has 1 aliphatic heterocycles. The lowest BCUT2D eigenvalue weighted by atomic mass is 9.90. The smallest absolute Gasteiger partial charge is 0.210 e. The topological polar surface area (TPSA) is 20.3 Å². The molecule has 3 heteroatoms. The van der Waals surface area contributed by atoms with E-state index in [1.807, 2.05) is 22.7 Å². The first-order valence-corrected chi connectivity index (χ1v) is 8.73. The van der Waals surface area contributed by atoms with Gasteiger partial charge in [0.15, 0.2) is 0 Å². The van der Waals surface area contributed by atoms with Crippen LogP contribution in [0.15, 0.2) is 59.5 Å². The largest absolute Gasteiger partial charge is 0.337 e. The van der Waals surface area contributed by atoms with Crippen molar-refractivity contribution in [3.63, 3.8) is 0 Å². The second-order valence-corrected chi connectivity index (χ2v) is 6.93. The van der Waals surface area contributed by atoms with Gasteiger partial charge in [-0.2, -0.15) is 0 Å². The van der Waals surface area contributed by atoms with Crippen LogP contribution in [0, 0.1) is 0 Å². The minimum absolute atomic E-state index is 0.228. The molecule has 1 aliphatic rings. The average Bonchev–Trinajstić information content (AvgIpc) is 2.58. The zero-order valence-corrected chi connectivity index (χ0v) is 13.6. The Bertz CT molecular complexity index is 628. The summed E-state index contributed by atoms with van der Waals surface area (Å²) in [6.45, 7) is 2.96. The van der Waals surface area contributed by atoms with Gasteiger partial charge in [-0.15, -0.1) is 11.8 Å². The van der Waals surface area contributed by atoms with Crippen molar-refractivity contribution < 1.29 is 4.79 Å². The summed E-state index contributed by atoms with van der Waals surface area (Å²) in [4.78, 5) is 14.8. The molecule has 1 heterocycles. The molecule has 2 aromatic rings. The Hall–Kier alpha value is -1.74. The maximum atomic E-state index is 11.6. The van der Waals surface area contributed by atoms with E-state index in [2.05, 4.69) is 55.5 Å². The molecule has 114 valence electrons. The molecule has 0 saturated heterocycles. The quantitative estimate of drug-likeness (QED) is 0.737. The Kier molecular flexibility index (Phi) is 4.84. The lowest BCUT2D eigenvalue weighted by molar-refractivity contribution is -0.120. The molecular weight excluding hydrogens is 290 g/mol. The lowest BCUT2D eigenvalue weighted by Crippen LogP contribution is -2.36. The van der Waals surface area contributed by atoms with E-state index in [0.29, 0.717) is 5.25 Å². The van der Waals surface area contributed by atoms with Crippen molar-refractivity contribution in [2.45, 2.75) is 36.0 Å². The Morgan fingerprint density at radius 2 is 1.77 bits per heavy atom. The van der Waals surface area contributed by atoms with E-state index < -0.39 is 0 Å². The predicted octanol–water partition coefficient (Wildman–Crippen LogP) is 4.83. The number of benzene rings is 2. The average molecular weight is 311 g/mol. The van der Waals surface area contributed by atoms with Crippen LogP contribution in [0.5, 0.6) is 0 Å². The molecule has 0 radical (unpaired) electrons. The number of carbonyl (C=O) groups excluding carboxylic acids is 1. The first-order valence-electron chi connectivity index (χ1n) is 7.85. The van der Waals surface area contributed by atoms with Gasteiger partial charge < -0.3 is 4.90 Å². The van der Waals surface area contributed by atoms with Gasteiger partial charge in [0.1, 0.15) is 0 Å². The molecule has 0 aromatic heterocycles. The monoisotopic (exact) mass is 311 g/mol. The minimum atomic E-state index is 0.228. The van der Waals surface area contributed by atoms with Crippen LogP contribution in [-0.4, -0.2) is 17.9 Å². The number of thioether (sulfide) groups is 1. The molecular formula is C19H21NOS. The third-order valence-electron chi connectivity index (χ3n) is 4.20. The van der Waals surface area contributed by atoms with Crippen LogP contribution in [0.1, 0.15) is 42.2 Å². The number of hydrogen-bond acceptors (Lipinski definition) is 2. The van der Waals surface area contributed by atoms with E-state index in [9.17, 15) is 4.79 Å². The van der Waals surface area contributed by atoms with E-state index in [0.717, 1.165) is 25.8 Å². The van der Waals surface area contributed by atoms with Gasteiger partial charge in [-0.25, -0.2) is 0 Å². The SMILES string of the molecule is CCCC1c2ccccc2C(Sc2ccccc2)CN1C=O. The maximum absolute atomic E-state index is 11.6. The van der Waals surface area contributed by atoms with Crippen molar-refractivity contribution in [3.8, 4) is 0 Å². The van der Waals surface area contributed by atoms with Crippen LogP contribution in [0.3, 0.4) is 0 Å². The highest BCUT2D eigenvalue weighted by Crippen LogP contribution is 2.44. The fraction of sp³-hybridized carbons (Fsp3) is 0.316. The number of nitrogens with zero attached hydrogens (tertiary/aromatic N) is 1. The van der Waals surface area contributed by atoms with Crippen molar-refractivity contribution >= 4 is 18.2 Å². The summed E-state index contributed by atoms with van der Waals surface area (Å²) in [6, 6.07) is 19.3. The first-order chi connectivity index (χ1) is 10.8. The molecule has 0 spiro atoms. The van der Waals surface area contributed by atoms with Crippen LogP contribution >= 0.6 is 11.8 Å². The highest BCUT2D eigenvalue weighted by molar-refractivity contribution is 7.99. The molecule has 0 bridgehead atoms. The number of fused-ring (bicyclic) bond motifs is 1. The summed E-state index contributed by atoms with van der Waals surface area (Å²) in [5, 5.41) is 0.303. The van der Waals surface area contributed by atoms with E-state index in [1.54, 1.807) is 0 Å². The van der Waals surface area contributed by atoms with Gasteiger partial charge in [0.25, 0.3) is 0 Å². The predicted molar refractivity (Wildman–Crippen MR) is 91.9 cm³/mol. The molecule has 0 saturated carbocycles. The molecule has 0 N–H and O–H groups in total. The third kappa shape index (κ3) is 3.05. The normalized spacial score (nSPS) is 20.5. The second-order valence-electron chi connectivity index (χ2n) is 5.66. The van der Waals surface area contributed by atoms with E-state index >= 15 is 0 Å². The first kappa shape index (κ1) is 15.2. The Morgan fingerprint density at radius 3 is 2.45 bits per heavy atom. The summed E-state index contributed by atoms with van der Waals surface area (Å²) in [6.07, 6.45) is 3.13. The fourth-order valence-electron chi connectivity index (χ4n) is 3.18. The Balaban J connectivity index is 1.94. The van der Waals surface area contributed by atoms with Gasteiger partial charge in [0.2, 0.25) is 6.41 Å². The van der Waals surface area contributed by atoms with Gasteiger partial charge in [0, 0.05) is 11.4 Å². The van der Waals surface area contributed by atoms with Gasteiger partial charge in [-0.3, -0.25) is 4.79 Å². The highest BCUT2D eigenvalue weighted by Gasteiger charge is 2.32. The van der Waals surface area contributed by atoms with Crippen molar-refractivity contribution in [1.29, 1.82) is 0 Å². The summed E-state index contributed by atoms with van der Waals surface area (Å²) in [5.74, 6) is 0. The molecule has 22 heavy (non-hydrogen) atoms. The van der Waals surface area contributed by atoms with Gasteiger partial charge >= 0.3 is 0 Å². The summed E-state index contributed by atoms with van der Waals surface area (Å²) in [5.41, 5.74) is 2.70. The molecule has 3 rings (SSSR count). The third-order valence-corrected chi connectivity index (χ3v) is 5.43. The van der Waals surface area contributed by atoms with Crippen molar-refractivity contribution in [2.75, 3.05) is 6.54 Å². The molecule has 2 aromatic carbocycles. The lowest BCUT2D eigenvalue weighted by Gasteiger charge is -2.39. The zero-order chi connectivity index (χ0) is 15.4. The van der Waals surface area contributed by atoms with Gasteiger partial charge in [-0.1, -0.05) is 55.8 Å². The van der Waals surface area contributed by atoms with Crippen LogP contribution in [0.2, 0.25) is 0 Å². The van der Waals surface area contributed by atoms with Crippen LogP contribution in [0.25, 0.3) is 0 Å².